The zero-order chi connectivity index (χ0) is 12.3. The predicted molar refractivity (Wildman–Crippen MR) is 60.9 cm³/mol. The Morgan fingerprint density at radius 3 is 2.56 bits per heavy atom. The number of amides is 1. The Morgan fingerprint density at radius 2 is 2.12 bits per heavy atom. The lowest BCUT2D eigenvalue weighted by atomic mass is 9.87. The van der Waals surface area contributed by atoms with E-state index in [0.29, 0.717) is 0 Å². The van der Waals surface area contributed by atoms with E-state index in [0.717, 1.165) is 0 Å². The van der Waals surface area contributed by atoms with Gasteiger partial charge in [-0.3, -0.25) is 9.59 Å². The van der Waals surface area contributed by atoms with Crippen LogP contribution in [0.4, 0.5) is 5.82 Å². The molecule has 6 nitrogen and oxygen atoms in total. The van der Waals surface area contributed by atoms with Crippen LogP contribution in [0.2, 0.25) is 0 Å². The maximum absolute atomic E-state index is 11.7. The van der Waals surface area contributed by atoms with E-state index in [1.54, 1.807) is 0 Å². The van der Waals surface area contributed by atoms with Crippen molar-refractivity contribution in [3.05, 3.63) is 22.5 Å². The molecule has 1 atom stereocenters. The molecule has 0 spiro atoms. The van der Waals surface area contributed by atoms with Crippen molar-refractivity contribution in [2.75, 3.05) is 5.32 Å². The maximum Gasteiger partial charge on any atom is 0.264 e. The monoisotopic (exact) mass is 224 g/mol. The fourth-order valence-corrected chi connectivity index (χ4v) is 1.01. The summed E-state index contributed by atoms with van der Waals surface area (Å²) in [5, 5.41) is 8.41. The zero-order valence-electron chi connectivity index (χ0n) is 9.57. The highest BCUT2D eigenvalue weighted by atomic mass is 16.2. The van der Waals surface area contributed by atoms with Gasteiger partial charge in [-0.1, -0.05) is 20.8 Å². The SMILES string of the molecule is CC(C)(C)C(N)C(=O)Nc1ccc(=O)[nH]n1. The van der Waals surface area contributed by atoms with Gasteiger partial charge in [0.25, 0.3) is 5.56 Å². The lowest BCUT2D eigenvalue weighted by Gasteiger charge is -2.25. The fourth-order valence-electron chi connectivity index (χ4n) is 1.01. The summed E-state index contributed by atoms with van der Waals surface area (Å²) < 4.78 is 0. The Labute approximate surface area is 93.2 Å². The van der Waals surface area contributed by atoms with E-state index in [1.807, 2.05) is 20.8 Å². The largest absolute Gasteiger partial charge is 0.319 e. The van der Waals surface area contributed by atoms with E-state index in [1.165, 1.54) is 12.1 Å². The zero-order valence-corrected chi connectivity index (χ0v) is 9.57. The van der Waals surface area contributed by atoms with Crippen molar-refractivity contribution in [1.29, 1.82) is 0 Å². The summed E-state index contributed by atoms with van der Waals surface area (Å²) in [6.45, 7) is 5.62. The van der Waals surface area contributed by atoms with Gasteiger partial charge >= 0.3 is 0 Å². The van der Waals surface area contributed by atoms with Gasteiger partial charge in [-0.25, -0.2) is 5.10 Å². The third-order valence-electron chi connectivity index (χ3n) is 2.15. The molecule has 1 rings (SSSR count). The first-order valence-electron chi connectivity index (χ1n) is 4.93. The molecule has 88 valence electrons. The van der Waals surface area contributed by atoms with Crippen LogP contribution in [-0.4, -0.2) is 22.1 Å². The molecule has 0 bridgehead atoms. The predicted octanol–water partition coefficient (Wildman–Crippen LogP) is 0.0818. The van der Waals surface area contributed by atoms with Crippen LogP contribution < -0.4 is 16.6 Å². The first-order valence-corrected chi connectivity index (χ1v) is 4.93. The number of rotatable bonds is 2. The van der Waals surface area contributed by atoms with Crippen LogP contribution in [0.25, 0.3) is 0 Å². The van der Waals surface area contributed by atoms with Gasteiger partial charge in [-0.15, -0.1) is 0 Å². The van der Waals surface area contributed by atoms with Crippen molar-refractivity contribution in [2.45, 2.75) is 26.8 Å². The van der Waals surface area contributed by atoms with Crippen molar-refractivity contribution < 1.29 is 4.79 Å². The summed E-state index contributed by atoms with van der Waals surface area (Å²) in [5.41, 5.74) is 5.11. The third kappa shape index (κ3) is 3.16. The van der Waals surface area contributed by atoms with Crippen molar-refractivity contribution in [2.24, 2.45) is 11.1 Å². The van der Waals surface area contributed by atoms with Crippen LogP contribution in [0.5, 0.6) is 0 Å². The number of nitrogens with one attached hydrogen (secondary N) is 2. The Morgan fingerprint density at radius 1 is 1.50 bits per heavy atom. The molecule has 16 heavy (non-hydrogen) atoms. The van der Waals surface area contributed by atoms with Gasteiger partial charge in [-0.05, 0) is 11.5 Å². The number of hydrogen-bond acceptors (Lipinski definition) is 4. The van der Waals surface area contributed by atoms with E-state index in [2.05, 4.69) is 15.5 Å². The van der Waals surface area contributed by atoms with Crippen molar-refractivity contribution >= 4 is 11.7 Å². The van der Waals surface area contributed by atoms with Gasteiger partial charge < -0.3 is 11.1 Å². The molecular formula is C10H16N4O2. The summed E-state index contributed by atoms with van der Waals surface area (Å²) in [6.07, 6.45) is 0. The topological polar surface area (TPSA) is 101 Å². The molecule has 1 heterocycles. The Balaban J connectivity index is 2.72. The molecule has 1 aromatic rings. The molecule has 1 amide bonds. The molecule has 4 N–H and O–H groups in total. The minimum Gasteiger partial charge on any atom is -0.319 e. The van der Waals surface area contributed by atoms with Gasteiger partial charge in [0.15, 0.2) is 5.82 Å². The first-order chi connectivity index (χ1) is 7.30. The molecule has 0 saturated heterocycles. The summed E-state index contributed by atoms with van der Waals surface area (Å²) >= 11 is 0. The summed E-state index contributed by atoms with van der Waals surface area (Å²) in [6, 6.07) is 2.07. The Kier molecular flexibility index (Phi) is 3.44. The number of carbonyl (C=O) groups is 1. The highest BCUT2D eigenvalue weighted by Gasteiger charge is 2.27. The smallest absolute Gasteiger partial charge is 0.264 e. The molecule has 0 aliphatic heterocycles. The fraction of sp³-hybridized carbons (Fsp3) is 0.500. The molecule has 0 fully saturated rings. The molecule has 0 aliphatic rings. The average Bonchev–Trinajstić information content (AvgIpc) is 2.19. The molecule has 0 saturated carbocycles. The normalized spacial score (nSPS) is 13.2. The van der Waals surface area contributed by atoms with Gasteiger partial charge in [-0.2, -0.15) is 5.10 Å². The number of hydrogen-bond donors (Lipinski definition) is 3. The van der Waals surface area contributed by atoms with Crippen LogP contribution in [0.15, 0.2) is 16.9 Å². The number of nitrogens with zero attached hydrogens (tertiary/aromatic N) is 1. The van der Waals surface area contributed by atoms with E-state index >= 15 is 0 Å². The number of aromatic nitrogens is 2. The standard InChI is InChI=1S/C10H16N4O2/c1-10(2,3)8(11)9(16)12-6-4-5-7(15)14-13-6/h4-5,8H,11H2,1-3H3,(H,14,15)(H,12,13,16). The summed E-state index contributed by atoms with van der Waals surface area (Å²) in [4.78, 5) is 22.4. The summed E-state index contributed by atoms with van der Waals surface area (Å²) in [7, 11) is 0. The van der Waals surface area contributed by atoms with Gasteiger partial charge in [0, 0.05) is 6.07 Å². The average molecular weight is 224 g/mol. The molecule has 1 aromatic heterocycles. The molecule has 1 unspecified atom stereocenters. The van der Waals surface area contributed by atoms with Gasteiger partial charge in [0.05, 0.1) is 6.04 Å². The number of H-pyrrole nitrogens is 1. The van der Waals surface area contributed by atoms with Crippen LogP contribution in [0.1, 0.15) is 20.8 Å². The van der Waals surface area contributed by atoms with Crippen molar-refractivity contribution in [1.82, 2.24) is 10.2 Å². The molecule has 0 aliphatic carbocycles. The quantitative estimate of drug-likeness (QED) is 0.662. The Bertz CT molecular complexity index is 413. The van der Waals surface area contributed by atoms with Crippen LogP contribution in [0, 0.1) is 5.41 Å². The molecule has 0 radical (unpaired) electrons. The van der Waals surface area contributed by atoms with Gasteiger partial charge in [0.1, 0.15) is 0 Å². The lowest BCUT2D eigenvalue weighted by Crippen LogP contribution is -2.45. The van der Waals surface area contributed by atoms with Gasteiger partial charge in [0.2, 0.25) is 5.91 Å². The number of anilines is 1. The van der Waals surface area contributed by atoms with Crippen molar-refractivity contribution in [3.63, 3.8) is 0 Å². The number of aromatic amines is 1. The van der Waals surface area contributed by atoms with E-state index in [-0.39, 0.29) is 22.7 Å². The lowest BCUT2D eigenvalue weighted by molar-refractivity contribution is -0.119. The minimum absolute atomic E-state index is 0.282. The van der Waals surface area contributed by atoms with Crippen molar-refractivity contribution in [3.8, 4) is 0 Å². The Hall–Kier alpha value is -1.69. The molecule has 0 aromatic carbocycles. The molecule has 6 heteroatoms. The highest BCUT2D eigenvalue weighted by Crippen LogP contribution is 2.18. The van der Waals surface area contributed by atoms with E-state index in [9.17, 15) is 9.59 Å². The van der Waals surface area contributed by atoms with Crippen LogP contribution >= 0.6 is 0 Å². The van der Waals surface area contributed by atoms with Crippen LogP contribution in [0.3, 0.4) is 0 Å². The molecular weight excluding hydrogens is 208 g/mol. The third-order valence-corrected chi connectivity index (χ3v) is 2.15. The second kappa shape index (κ2) is 4.44. The minimum atomic E-state index is -0.638. The second-order valence-electron chi connectivity index (χ2n) is 4.64. The maximum atomic E-state index is 11.7. The van der Waals surface area contributed by atoms with Crippen LogP contribution in [-0.2, 0) is 4.79 Å². The summed E-state index contributed by atoms with van der Waals surface area (Å²) in [5.74, 6) is -0.0450. The number of carbonyl (C=O) groups excluding carboxylic acids is 1. The van der Waals surface area contributed by atoms with E-state index in [4.69, 9.17) is 5.73 Å². The second-order valence-corrected chi connectivity index (χ2v) is 4.64. The highest BCUT2D eigenvalue weighted by molar-refractivity contribution is 5.94. The van der Waals surface area contributed by atoms with E-state index < -0.39 is 6.04 Å². The number of nitrogens with two attached hydrogens (primary N) is 1. The first kappa shape index (κ1) is 12.4.